The maximum Gasteiger partial charge on any atom is 0.224 e. The van der Waals surface area contributed by atoms with Crippen molar-refractivity contribution in [1.29, 1.82) is 0 Å². The Hall–Kier alpha value is -1.56. The lowest BCUT2D eigenvalue weighted by Crippen LogP contribution is -2.46. The molecule has 3 rings (SSSR count). The molecule has 1 fully saturated rings. The van der Waals surface area contributed by atoms with Crippen LogP contribution in [0.2, 0.25) is 5.02 Å². The molecule has 0 saturated carbocycles. The summed E-state index contributed by atoms with van der Waals surface area (Å²) >= 11 is 5.95. The van der Waals surface area contributed by atoms with Crippen molar-refractivity contribution in [3.05, 3.63) is 46.2 Å². The quantitative estimate of drug-likeness (QED) is 0.854. The number of piperidine rings is 1. The van der Waals surface area contributed by atoms with Gasteiger partial charge in [0.05, 0.1) is 17.8 Å². The SMILES string of the molecule is Cc1nn(-c2ccc(Cl)cc2)c(C)c1CC(=O)NC1CCCNC1.Cl. The summed E-state index contributed by atoms with van der Waals surface area (Å²) in [7, 11) is 0. The molecule has 2 heterocycles. The van der Waals surface area contributed by atoms with Crippen LogP contribution in [-0.4, -0.2) is 34.8 Å². The van der Waals surface area contributed by atoms with Crippen molar-refractivity contribution in [3.63, 3.8) is 0 Å². The highest BCUT2D eigenvalue weighted by Gasteiger charge is 2.19. The molecule has 1 aliphatic heterocycles. The highest BCUT2D eigenvalue weighted by atomic mass is 35.5. The number of nitrogens with zero attached hydrogens (tertiary/aromatic N) is 2. The summed E-state index contributed by atoms with van der Waals surface area (Å²) in [6.45, 7) is 5.84. The molecule has 1 aliphatic rings. The van der Waals surface area contributed by atoms with Gasteiger partial charge < -0.3 is 10.6 Å². The van der Waals surface area contributed by atoms with Gasteiger partial charge in [-0.25, -0.2) is 4.68 Å². The largest absolute Gasteiger partial charge is 0.352 e. The maximum absolute atomic E-state index is 12.4. The van der Waals surface area contributed by atoms with Crippen LogP contribution in [0.25, 0.3) is 5.69 Å². The molecule has 136 valence electrons. The third kappa shape index (κ3) is 4.75. The highest BCUT2D eigenvalue weighted by molar-refractivity contribution is 6.30. The molecule has 1 unspecified atom stereocenters. The molecule has 0 aliphatic carbocycles. The molecular weight excluding hydrogens is 359 g/mol. The minimum absolute atomic E-state index is 0. The van der Waals surface area contributed by atoms with Gasteiger partial charge in [0, 0.05) is 28.9 Å². The number of hydrogen-bond acceptors (Lipinski definition) is 3. The second-order valence-corrected chi connectivity index (χ2v) is 6.76. The Morgan fingerprint density at radius 1 is 1.36 bits per heavy atom. The number of aromatic nitrogens is 2. The zero-order chi connectivity index (χ0) is 17.1. The second-order valence-electron chi connectivity index (χ2n) is 6.33. The highest BCUT2D eigenvalue weighted by Crippen LogP contribution is 2.20. The number of benzene rings is 1. The molecule has 1 saturated heterocycles. The van der Waals surface area contributed by atoms with Gasteiger partial charge in [-0.05, 0) is 57.5 Å². The number of aryl methyl sites for hydroxylation is 1. The van der Waals surface area contributed by atoms with E-state index in [0.29, 0.717) is 11.4 Å². The van der Waals surface area contributed by atoms with Crippen molar-refractivity contribution >= 4 is 29.9 Å². The van der Waals surface area contributed by atoms with E-state index in [9.17, 15) is 4.79 Å². The van der Waals surface area contributed by atoms with Crippen LogP contribution in [0.3, 0.4) is 0 Å². The van der Waals surface area contributed by atoms with Crippen LogP contribution in [0.1, 0.15) is 29.8 Å². The lowest BCUT2D eigenvalue weighted by Gasteiger charge is -2.23. The Morgan fingerprint density at radius 3 is 2.72 bits per heavy atom. The van der Waals surface area contributed by atoms with Gasteiger partial charge in [-0.3, -0.25) is 4.79 Å². The van der Waals surface area contributed by atoms with Crippen LogP contribution in [0.5, 0.6) is 0 Å². The minimum Gasteiger partial charge on any atom is -0.352 e. The minimum atomic E-state index is 0. The molecule has 5 nitrogen and oxygen atoms in total. The smallest absolute Gasteiger partial charge is 0.224 e. The van der Waals surface area contributed by atoms with Crippen LogP contribution in [0.15, 0.2) is 24.3 Å². The Labute approximate surface area is 159 Å². The van der Waals surface area contributed by atoms with Crippen molar-refractivity contribution in [2.75, 3.05) is 13.1 Å². The molecule has 7 heteroatoms. The van der Waals surface area contributed by atoms with Gasteiger partial charge in [0.15, 0.2) is 0 Å². The Bertz CT molecular complexity index is 721. The number of amides is 1. The maximum atomic E-state index is 12.4. The van der Waals surface area contributed by atoms with E-state index >= 15 is 0 Å². The van der Waals surface area contributed by atoms with Crippen molar-refractivity contribution in [1.82, 2.24) is 20.4 Å². The number of rotatable bonds is 4. The fraction of sp³-hybridized carbons (Fsp3) is 0.444. The van der Waals surface area contributed by atoms with Gasteiger partial charge in [-0.1, -0.05) is 11.6 Å². The average Bonchev–Trinajstić information content (AvgIpc) is 2.85. The first-order valence-corrected chi connectivity index (χ1v) is 8.73. The number of carbonyl (C=O) groups excluding carboxylic acids is 1. The van der Waals surface area contributed by atoms with Crippen LogP contribution >= 0.6 is 24.0 Å². The fourth-order valence-corrected chi connectivity index (χ4v) is 3.30. The van der Waals surface area contributed by atoms with E-state index in [0.717, 1.165) is 48.6 Å². The van der Waals surface area contributed by atoms with E-state index in [-0.39, 0.29) is 24.4 Å². The molecule has 2 aromatic rings. The molecule has 0 spiro atoms. The van der Waals surface area contributed by atoms with Crippen molar-refractivity contribution < 1.29 is 4.79 Å². The first-order chi connectivity index (χ1) is 11.5. The topological polar surface area (TPSA) is 59.0 Å². The van der Waals surface area contributed by atoms with E-state index in [1.165, 1.54) is 0 Å². The van der Waals surface area contributed by atoms with Gasteiger partial charge in [-0.15, -0.1) is 12.4 Å². The van der Waals surface area contributed by atoms with E-state index < -0.39 is 0 Å². The summed E-state index contributed by atoms with van der Waals surface area (Å²) in [4.78, 5) is 12.4. The summed E-state index contributed by atoms with van der Waals surface area (Å²) in [5, 5.41) is 11.7. The van der Waals surface area contributed by atoms with Crippen molar-refractivity contribution in [2.24, 2.45) is 0 Å². The van der Waals surface area contributed by atoms with Crippen LogP contribution in [0.4, 0.5) is 0 Å². The molecular formula is C18H24Cl2N4O. The monoisotopic (exact) mass is 382 g/mol. The van der Waals surface area contributed by atoms with Gasteiger partial charge in [-0.2, -0.15) is 5.10 Å². The number of hydrogen-bond donors (Lipinski definition) is 2. The van der Waals surface area contributed by atoms with E-state index in [1.807, 2.05) is 42.8 Å². The first-order valence-electron chi connectivity index (χ1n) is 8.35. The Kier molecular flexibility index (Phi) is 6.87. The third-order valence-corrected chi connectivity index (χ3v) is 4.76. The number of carbonyl (C=O) groups is 1. The normalized spacial score (nSPS) is 17.0. The summed E-state index contributed by atoms with van der Waals surface area (Å²) < 4.78 is 1.87. The van der Waals surface area contributed by atoms with Crippen molar-refractivity contribution in [3.8, 4) is 5.69 Å². The molecule has 1 amide bonds. The van der Waals surface area contributed by atoms with E-state index in [1.54, 1.807) is 0 Å². The van der Waals surface area contributed by atoms with Crippen LogP contribution < -0.4 is 10.6 Å². The molecule has 1 aromatic heterocycles. The number of nitrogens with one attached hydrogen (secondary N) is 2. The lowest BCUT2D eigenvalue weighted by atomic mass is 10.1. The predicted octanol–water partition coefficient (Wildman–Crippen LogP) is 2.98. The molecule has 0 radical (unpaired) electrons. The van der Waals surface area contributed by atoms with Gasteiger partial charge in [0.1, 0.15) is 0 Å². The Morgan fingerprint density at radius 2 is 2.08 bits per heavy atom. The molecule has 0 bridgehead atoms. The third-order valence-electron chi connectivity index (χ3n) is 4.51. The van der Waals surface area contributed by atoms with Crippen LogP contribution in [-0.2, 0) is 11.2 Å². The first kappa shape index (κ1) is 19.8. The fourth-order valence-electron chi connectivity index (χ4n) is 3.18. The van der Waals surface area contributed by atoms with Gasteiger partial charge in [0.2, 0.25) is 5.91 Å². The summed E-state index contributed by atoms with van der Waals surface area (Å²) in [5.74, 6) is 0.0607. The Balaban J connectivity index is 0.00000225. The summed E-state index contributed by atoms with van der Waals surface area (Å²) in [6, 6.07) is 7.78. The molecule has 1 aromatic carbocycles. The lowest BCUT2D eigenvalue weighted by molar-refractivity contribution is -0.121. The number of halogens is 2. The van der Waals surface area contributed by atoms with Gasteiger partial charge >= 0.3 is 0 Å². The zero-order valence-electron chi connectivity index (χ0n) is 14.5. The van der Waals surface area contributed by atoms with Crippen LogP contribution in [0, 0.1) is 13.8 Å². The van der Waals surface area contributed by atoms with E-state index in [4.69, 9.17) is 11.6 Å². The zero-order valence-corrected chi connectivity index (χ0v) is 16.1. The molecule has 25 heavy (non-hydrogen) atoms. The standard InChI is InChI=1S/C18H23ClN4O.ClH/c1-12-17(10-18(24)21-15-4-3-9-20-11-15)13(2)23(22-12)16-7-5-14(19)6-8-16;/h5-8,15,20H,3-4,9-11H2,1-2H3,(H,21,24);1H. The summed E-state index contributed by atoms with van der Waals surface area (Å²) in [5.41, 5.74) is 3.82. The second kappa shape index (κ2) is 8.70. The molecule has 1 atom stereocenters. The summed E-state index contributed by atoms with van der Waals surface area (Å²) in [6.07, 6.45) is 2.51. The molecule has 2 N–H and O–H groups in total. The van der Waals surface area contributed by atoms with E-state index in [2.05, 4.69) is 15.7 Å². The van der Waals surface area contributed by atoms with Crippen molar-refractivity contribution in [2.45, 2.75) is 39.2 Å². The predicted molar refractivity (Wildman–Crippen MR) is 103 cm³/mol. The average molecular weight is 383 g/mol. The van der Waals surface area contributed by atoms with Gasteiger partial charge in [0.25, 0.3) is 0 Å².